The fourth-order valence-corrected chi connectivity index (χ4v) is 2.98. The lowest BCUT2D eigenvalue weighted by molar-refractivity contribution is 0.398. The Morgan fingerprint density at radius 2 is 2.35 bits per heavy atom. The zero-order valence-corrected chi connectivity index (χ0v) is 11.7. The van der Waals surface area contributed by atoms with Gasteiger partial charge in [-0.15, -0.1) is 11.3 Å². The third kappa shape index (κ3) is 2.28. The number of aromatic nitrogens is 2. The third-order valence-corrected chi connectivity index (χ3v) is 3.95. The van der Waals surface area contributed by atoms with E-state index in [0.717, 1.165) is 10.7 Å². The van der Waals surface area contributed by atoms with Gasteiger partial charge in [0.1, 0.15) is 11.6 Å². The first-order valence-corrected chi connectivity index (χ1v) is 7.06. The molecule has 1 unspecified atom stereocenters. The second-order valence-corrected chi connectivity index (χ2v) is 5.36. The Bertz CT molecular complexity index is 708. The van der Waals surface area contributed by atoms with Crippen molar-refractivity contribution in [3.05, 3.63) is 53.0 Å². The molecule has 0 fully saturated rings. The van der Waals surface area contributed by atoms with Gasteiger partial charge in [-0.25, -0.2) is 9.37 Å². The Labute approximate surface area is 119 Å². The van der Waals surface area contributed by atoms with Crippen LogP contribution in [0.1, 0.15) is 17.3 Å². The van der Waals surface area contributed by atoms with Gasteiger partial charge in [0, 0.05) is 35.8 Å². The van der Waals surface area contributed by atoms with E-state index in [4.69, 9.17) is 10.5 Å². The molecule has 4 nitrogen and oxygen atoms in total. The summed E-state index contributed by atoms with van der Waals surface area (Å²) in [5.41, 5.74) is 7.37. The Morgan fingerprint density at radius 3 is 3.10 bits per heavy atom. The molecule has 20 heavy (non-hydrogen) atoms. The van der Waals surface area contributed by atoms with Crippen molar-refractivity contribution in [2.24, 2.45) is 5.73 Å². The summed E-state index contributed by atoms with van der Waals surface area (Å²) in [4.78, 5) is 5.37. The minimum Gasteiger partial charge on any atom is -0.496 e. The molecular formula is C14H14FN3OS. The van der Waals surface area contributed by atoms with Gasteiger partial charge in [-0.1, -0.05) is 6.07 Å². The van der Waals surface area contributed by atoms with Gasteiger partial charge < -0.3 is 10.5 Å². The quantitative estimate of drug-likeness (QED) is 0.804. The van der Waals surface area contributed by atoms with Gasteiger partial charge >= 0.3 is 0 Å². The van der Waals surface area contributed by atoms with E-state index in [1.807, 2.05) is 22.2 Å². The summed E-state index contributed by atoms with van der Waals surface area (Å²) in [6.07, 6.45) is 4.32. The molecule has 3 aromatic rings. The van der Waals surface area contributed by atoms with Crippen molar-refractivity contribution in [2.45, 2.75) is 12.5 Å². The Hall–Kier alpha value is -1.92. The molecule has 0 bridgehead atoms. The Kier molecular flexibility index (Phi) is 3.42. The number of hydrogen-bond donors (Lipinski definition) is 1. The van der Waals surface area contributed by atoms with E-state index >= 15 is 0 Å². The largest absolute Gasteiger partial charge is 0.496 e. The summed E-state index contributed by atoms with van der Waals surface area (Å²) in [5.74, 6) is 0.122. The average molecular weight is 291 g/mol. The molecule has 0 aliphatic carbocycles. The lowest BCUT2D eigenvalue weighted by Gasteiger charge is -2.15. The predicted molar refractivity (Wildman–Crippen MR) is 76.7 cm³/mol. The molecule has 0 amide bonds. The number of imidazole rings is 1. The molecule has 0 aliphatic heterocycles. The van der Waals surface area contributed by atoms with Gasteiger partial charge in [0.2, 0.25) is 0 Å². The van der Waals surface area contributed by atoms with Gasteiger partial charge in [-0.3, -0.25) is 4.40 Å². The standard InChI is InChI=1S/C14H14FN3OS/c1-19-12-4-2-3-10(15)13(12)11(16)7-9-8-18-5-6-20-14(18)17-9/h2-6,8,11H,7,16H2,1H3. The average Bonchev–Trinajstić information content (AvgIpc) is 2.98. The van der Waals surface area contributed by atoms with E-state index in [-0.39, 0.29) is 5.82 Å². The van der Waals surface area contributed by atoms with E-state index in [1.54, 1.807) is 23.5 Å². The normalized spacial score (nSPS) is 12.8. The second-order valence-electron chi connectivity index (χ2n) is 4.49. The molecule has 6 heteroatoms. The van der Waals surface area contributed by atoms with Crippen molar-refractivity contribution in [3.8, 4) is 5.75 Å². The summed E-state index contributed by atoms with van der Waals surface area (Å²) in [5, 5.41) is 1.96. The molecule has 1 aromatic carbocycles. The first-order valence-electron chi connectivity index (χ1n) is 6.18. The summed E-state index contributed by atoms with van der Waals surface area (Å²) >= 11 is 1.55. The van der Waals surface area contributed by atoms with Crippen molar-refractivity contribution in [1.82, 2.24) is 9.38 Å². The van der Waals surface area contributed by atoms with E-state index in [1.165, 1.54) is 13.2 Å². The van der Waals surface area contributed by atoms with Gasteiger partial charge in [-0.05, 0) is 12.1 Å². The molecule has 1 atom stereocenters. The maximum absolute atomic E-state index is 14.0. The van der Waals surface area contributed by atoms with Gasteiger partial charge in [0.15, 0.2) is 4.96 Å². The van der Waals surface area contributed by atoms with Crippen LogP contribution in [0.3, 0.4) is 0 Å². The van der Waals surface area contributed by atoms with Crippen LogP contribution < -0.4 is 10.5 Å². The highest BCUT2D eigenvalue weighted by atomic mass is 32.1. The zero-order chi connectivity index (χ0) is 14.1. The smallest absolute Gasteiger partial charge is 0.193 e. The maximum Gasteiger partial charge on any atom is 0.193 e. The molecule has 0 aliphatic rings. The first-order chi connectivity index (χ1) is 9.69. The van der Waals surface area contributed by atoms with Gasteiger partial charge in [0.05, 0.1) is 12.8 Å². The van der Waals surface area contributed by atoms with Crippen molar-refractivity contribution in [1.29, 1.82) is 0 Å². The van der Waals surface area contributed by atoms with Crippen molar-refractivity contribution in [2.75, 3.05) is 7.11 Å². The predicted octanol–water partition coefficient (Wildman–Crippen LogP) is 2.79. The molecule has 104 valence electrons. The third-order valence-electron chi connectivity index (χ3n) is 3.18. The molecular weight excluding hydrogens is 277 g/mol. The van der Waals surface area contributed by atoms with Crippen LogP contribution in [0.5, 0.6) is 5.75 Å². The summed E-state index contributed by atoms with van der Waals surface area (Å²) in [6.45, 7) is 0. The molecule has 0 saturated carbocycles. The summed E-state index contributed by atoms with van der Waals surface area (Å²) in [7, 11) is 1.51. The minimum atomic E-state index is -0.490. The molecule has 2 N–H and O–H groups in total. The van der Waals surface area contributed by atoms with Crippen molar-refractivity contribution in [3.63, 3.8) is 0 Å². The van der Waals surface area contributed by atoms with Crippen LogP contribution in [0.4, 0.5) is 4.39 Å². The van der Waals surface area contributed by atoms with Crippen molar-refractivity contribution < 1.29 is 9.13 Å². The van der Waals surface area contributed by atoms with Crippen LogP contribution in [0.25, 0.3) is 4.96 Å². The number of halogens is 1. The minimum absolute atomic E-state index is 0.349. The molecule has 0 saturated heterocycles. The van der Waals surface area contributed by atoms with Crippen molar-refractivity contribution >= 4 is 16.3 Å². The van der Waals surface area contributed by atoms with Crippen LogP contribution in [0.15, 0.2) is 36.0 Å². The number of hydrogen-bond acceptors (Lipinski definition) is 4. The molecule has 2 heterocycles. The number of benzene rings is 1. The lowest BCUT2D eigenvalue weighted by atomic mass is 10.0. The molecule has 0 spiro atoms. The number of rotatable bonds is 4. The van der Waals surface area contributed by atoms with Crippen LogP contribution in [-0.4, -0.2) is 16.5 Å². The number of fused-ring (bicyclic) bond motifs is 1. The van der Waals surface area contributed by atoms with Crippen LogP contribution in [-0.2, 0) is 6.42 Å². The highest BCUT2D eigenvalue weighted by Gasteiger charge is 2.18. The lowest BCUT2D eigenvalue weighted by Crippen LogP contribution is -2.16. The number of thiazole rings is 1. The fraction of sp³-hybridized carbons (Fsp3) is 0.214. The monoisotopic (exact) mass is 291 g/mol. The van der Waals surface area contributed by atoms with E-state index < -0.39 is 6.04 Å². The SMILES string of the molecule is COc1cccc(F)c1C(N)Cc1cn2ccsc2n1. The summed E-state index contributed by atoms with van der Waals surface area (Å²) in [6, 6.07) is 4.22. The van der Waals surface area contributed by atoms with Gasteiger partial charge in [-0.2, -0.15) is 0 Å². The fourth-order valence-electron chi connectivity index (χ4n) is 2.26. The Morgan fingerprint density at radius 1 is 1.50 bits per heavy atom. The summed E-state index contributed by atoms with van der Waals surface area (Å²) < 4.78 is 21.1. The number of ether oxygens (including phenoxy) is 1. The van der Waals surface area contributed by atoms with Crippen LogP contribution in [0, 0.1) is 5.82 Å². The number of methoxy groups -OCH3 is 1. The van der Waals surface area contributed by atoms with Gasteiger partial charge in [0.25, 0.3) is 0 Å². The number of nitrogens with two attached hydrogens (primary N) is 1. The maximum atomic E-state index is 14.0. The zero-order valence-electron chi connectivity index (χ0n) is 10.9. The molecule has 0 radical (unpaired) electrons. The van der Waals surface area contributed by atoms with Crippen LogP contribution in [0.2, 0.25) is 0 Å². The Balaban J connectivity index is 1.89. The first kappa shape index (κ1) is 13.1. The highest BCUT2D eigenvalue weighted by Crippen LogP contribution is 2.28. The number of nitrogens with zero attached hydrogens (tertiary/aromatic N) is 2. The van der Waals surface area contributed by atoms with Crippen LogP contribution >= 0.6 is 11.3 Å². The second kappa shape index (κ2) is 5.22. The van der Waals surface area contributed by atoms with E-state index in [9.17, 15) is 4.39 Å². The van der Waals surface area contributed by atoms with E-state index in [2.05, 4.69) is 4.98 Å². The molecule has 3 rings (SSSR count). The topological polar surface area (TPSA) is 52.5 Å². The highest BCUT2D eigenvalue weighted by molar-refractivity contribution is 7.15. The molecule has 2 aromatic heterocycles. The van der Waals surface area contributed by atoms with E-state index in [0.29, 0.717) is 17.7 Å².